The third kappa shape index (κ3) is 4.61. The number of sulfonamides is 1. The lowest BCUT2D eigenvalue weighted by molar-refractivity contribution is -0.137. The van der Waals surface area contributed by atoms with Gasteiger partial charge in [0, 0.05) is 32.6 Å². The van der Waals surface area contributed by atoms with Crippen molar-refractivity contribution in [3.63, 3.8) is 0 Å². The third-order valence-corrected chi connectivity index (χ3v) is 4.92. The summed E-state index contributed by atoms with van der Waals surface area (Å²) in [5, 5.41) is 8.47. The van der Waals surface area contributed by atoms with Crippen LogP contribution in [-0.2, 0) is 14.8 Å². The molecule has 1 aliphatic heterocycles. The second kappa shape index (κ2) is 6.32. The van der Waals surface area contributed by atoms with Crippen molar-refractivity contribution in [3.05, 3.63) is 0 Å². The van der Waals surface area contributed by atoms with Gasteiger partial charge in [-0.3, -0.25) is 4.79 Å². The van der Waals surface area contributed by atoms with E-state index in [1.807, 2.05) is 0 Å². The Bertz CT molecular complexity index is 347. The molecule has 1 heterocycles. The van der Waals surface area contributed by atoms with Crippen LogP contribution in [0.1, 0.15) is 19.8 Å². The van der Waals surface area contributed by atoms with E-state index in [1.165, 1.54) is 4.31 Å². The van der Waals surface area contributed by atoms with Gasteiger partial charge in [-0.2, -0.15) is 4.31 Å². The molecule has 0 aromatic rings. The SMILES string of the molecule is CCN1CCN(S(=O)(=O)CCCC(=O)O)CC1. The first-order chi connectivity index (χ1) is 7.95. The lowest BCUT2D eigenvalue weighted by Gasteiger charge is -2.33. The molecule has 1 saturated heterocycles. The number of carbonyl (C=O) groups is 1. The number of carboxylic acids is 1. The number of carboxylic acid groups (broad SMARTS) is 1. The molecule has 0 bridgehead atoms. The van der Waals surface area contributed by atoms with Crippen molar-refractivity contribution in [2.24, 2.45) is 0 Å². The number of rotatable bonds is 6. The molecule has 6 nitrogen and oxygen atoms in total. The van der Waals surface area contributed by atoms with Crippen LogP contribution in [0.4, 0.5) is 0 Å². The Labute approximate surface area is 102 Å². The molecular weight excluding hydrogens is 244 g/mol. The third-order valence-electron chi connectivity index (χ3n) is 2.96. The summed E-state index contributed by atoms with van der Waals surface area (Å²) >= 11 is 0. The van der Waals surface area contributed by atoms with Crippen LogP contribution in [0.3, 0.4) is 0 Å². The molecule has 0 saturated carbocycles. The molecule has 0 spiro atoms. The Morgan fingerprint density at radius 3 is 2.29 bits per heavy atom. The van der Waals surface area contributed by atoms with Gasteiger partial charge in [0.2, 0.25) is 10.0 Å². The van der Waals surface area contributed by atoms with Gasteiger partial charge >= 0.3 is 5.97 Å². The second-order valence-corrected chi connectivity index (χ2v) is 6.24. The van der Waals surface area contributed by atoms with Crippen molar-refractivity contribution in [3.8, 4) is 0 Å². The molecule has 0 aromatic carbocycles. The predicted molar refractivity (Wildman–Crippen MR) is 64.3 cm³/mol. The van der Waals surface area contributed by atoms with Gasteiger partial charge in [0.05, 0.1) is 5.75 Å². The minimum atomic E-state index is -3.27. The first-order valence-corrected chi connectivity index (χ1v) is 7.48. The predicted octanol–water partition coefficient (Wildman–Crippen LogP) is -0.181. The summed E-state index contributed by atoms with van der Waals surface area (Å²) in [6.07, 6.45) is 0.0970. The van der Waals surface area contributed by atoms with E-state index in [0.717, 1.165) is 19.6 Å². The number of nitrogens with zero attached hydrogens (tertiary/aromatic N) is 2. The quantitative estimate of drug-likeness (QED) is 0.720. The Morgan fingerprint density at radius 2 is 1.82 bits per heavy atom. The first kappa shape index (κ1) is 14.4. The average molecular weight is 264 g/mol. The van der Waals surface area contributed by atoms with Gasteiger partial charge in [0.25, 0.3) is 0 Å². The highest BCUT2D eigenvalue weighted by atomic mass is 32.2. The molecule has 7 heteroatoms. The van der Waals surface area contributed by atoms with E-state index >= 15 is 0 Å². The molecule has 0 unspecified atom stereocenters. The van der Waals surface area contributed by atoms with Crippen LogP contribution < -0.4 is 0 Å². The molecule has 0 amide bonds. The topological polar surface area (TPSA) is 77.9 Å². The van der Waals surface area contributed by atoms with Gasteiger partial charge in [-0.1, -0.05) is 6.92 Å². The van der Waals surface area contributed by atoms with Crippen LogP contribution in [0.5, 0.6) is 0 Å². The lowest BCUT2D eigenvalue weighted by Crippen LogP contribution is -2.49. The molecule has 1 rings (SSSR count). The summed E-state index contributed by atoms with van der Waals surface area (Å²) in [6.45, 7) is 5.54. The second-order valence-electron chi connectivity index (χ2n) is 4.15. The van der Waals surface area contributed by atoms with E-state index in [-0.39, 0.29) is 18.6 Å². The number of aliphatic carboxylic acids is 1. The zero-order chi connectivity index (χ0) is 12.9. The van der Waals surface area contributed by atoms with E-state index in [9.17, 15) is 13.2 Å². The fourth-order valence-corrected chi connectivity index (χ4v) is 3.35. The standard InChI is InChI=1S/C10H20N2O4S/c1-2-11-5-7-12(8-6-11)17(15,16)9-3-4-10(13)14/h2-9H2,1H3,(H,13,14). The zero-order valence-corrected chi connectivity index (χ0v) is 10.9. The molecular formula is C10H20N2O4S. The first-order valence-electron chi connectivity index (χ1n) is 5.87. The number of hydrogen-bond donors (Lipinski definition) is 1. The Kier molecular flexibility index (Phi) is 5.35. The van der Waals surface area contributed by atoms with Gasteiger partial charge in [0.1, 0.15) is 0 Å². The number of piperazine rings is 1. The van der Waals surface area contributed by atoms with E-state index < -0.39 is 16.0 Å². The Balaban J connectivity index is 2.40. The van der Waals surface area contributed by atoms with Crippen LogP contribution in [0, 0.1) is 0 Å². The molecule has 0 radical (unpaired) electrons. The van der Waals surface area contributed by atoms with Gasteiger partial charge in [-0.15, -0.1) is 0 Å². The van der Waals surface area contributed by atoms with Crippen LogP contribution in [0.2, 0.25) is 0 Å². The summed E-state index contributed by atoms with van der Waals surface area (Å²) in [5.41, 5.74) is 0. The van der Waals surface area contributed by atoms with Crippen molar-refractivity contribution in [1.82, 2.24) is 9.21 Å². The summed E-state index contributed by atoms with van der Waals surface area (Å²) < 4.78 is 25.2. The van der Waals surface area contributed by atoms with E-state index in [2.05, 4.69) is 11.8 Å². The van der Waals surface area contributed by atoms with Crippen molar-refractivity contribution in [1.29, 1.82) is 0 Å². The number of likely N-dealkylation sites (N-methyl/N-ethyl adjacent to an activating group) is 1. The highest BCUT2D eigenvalue weighted by molar-refractivity contribution is 7.89. The van der Waals surface area contributed by atoms with Crippen molar-refractivity contribution < 1.29 is 18.3 Å². The maximum absolute atomic E-state index is 11.9. The fraction of sp³-hybridized carbons (Fsp3) is 0.900. The maximum atomic E-state index is 11.9. The van der Waals surface area contributed by atoms with Crippen molar-refractivity contribution >= 4 is 16.0 Å². The minimum absolute atomic E-state index is 0.0641. The average Bonchev–Trinajstić information content (AvgIpc) is 2.28. The summed E-state index contributed by atoms with van der Waals surface area (Å²) in [4.78, 5) is 12.5. The minimum Gasteiger partial charge on any atom is -0.481 e. The molecule has 100 valence electrons. The Hall–Kier alpha value is -0.660. The molecule has 0 aliphatic carbocycles. The molecule has 0 aromatic heterocycles. The van der Waals surface area contributed by atoms with E-state index in [0.29, 0.717) is 13.1 Å². The van der Waals surface area contributed by atoms with E-state index in [1.54, 1.807) is 0 Å². The largest absolute Gasteiger partial charge is 0.481 e. The highest BCUT2D eigenvalue weighted by Gasteiger charge is 2.25. The molecule has 0 atom stereocenters. The van der Waals surface area contributed by atoms with Gasteiger partial charge < -0.3 is 10.0 Å². The van der Waals surface area contributed by atoms with Crippen LogP contribution in [0.15, 0.2) is 0 Å². The molecule has 17 heavy (non-hydrogen) atoms. The zero-order valence-electron chi connectivity index (χ0n) is 10.1. The van der Waals surface area contributed by atoms with Gasteiger partial charge in [-0.25, -0.2) is 8.42 Å². The van der Waals surface area contributed by atoms with Crippen LogP contribution in [-0.4, -0.2) is 67.2 Å². The summed E-state index contributed by atoms with van der Waals surface area (Å²) in [6, 6.07) is 0. The van der Waals surface area contributed by atoms with Crippen LogP contribution in [0.25, 0.3) is 0 Å². The molecule has 1 fully saturated rings. The monoisotopic (exact) mass is 264 g/mol. The smallest absolute Gasteiger partial charge is 0.303 e. The highest BCUT2D eigenvalue weighted by Crippen LogP contribution is 2.09. The maximum Gasteiger partial charge on any atom is 0.303 e. The molecule has 1 aliphatic rings. The molecule has 1 N–H and O–H groups in total. The summed E-state index contributed by atoms with van der Waals surface area (Å²) in [7, 11) is -3.27. The van der Waals surface area contributed by atoms with E-state index in [4.69, 9.17) is 5.11 Å². The normalized spacial score (nSPS) is 19.4. The number of hydrogen-bond acceptors (Lipinski definition) is 4. The fourth-order valence-electron chi connectivity index (χ4n) is 1.86. The lowest BCUT2D eigenvalue weighted by atomic mass is 10.3. The van der Waals surface area contributed by atoms with Crippen molar-refractivity contribution in [2.75, 3.05) is 38.5 Å². The van der Waals surface area contributed by atoms with Gasteiger partial charge in [0.15, 0.2) is 0 Å². The van der Waals surface area contributed by atoms with Crippen molar-refractivity contribution in [2.45, 2.75) is 19.8 Å². The Morgan fingerprint density at radius 1 is 1.24 bits per heavy atom. The van der Waals surface area contributed by atoms with Gasteiger partial charge in [-0.05, 0) is 13.0 Å². The summed E-state index contributed by atoms with van der Waals surface area (Å²) in [5.74, 6) is -1.01. The van der Waals surface area contributed by atoms with Crippen LogP contribution >= 0.6 is 0 Å².